The first-order valence-electron chi connectivity index (χ1n) is 5.60. The summed E-state index contributed by atoms with van der Waals surface area (Å²) < 4.78 is 37.2. The zero-order valence-electron chi connectivity index (χ0n) is 10.3. The lowest BCUT2D eigenvalue weighted by Crippen LogP contribution is -2.01. The van der Waals surface area contributed by atoms with E-state index in [0.29, 0.717) is 5.75 Å². The monoisotopic (exact) mass is 265 g/mol. The van der Waals surface area contributed by atoms with Crippen molar-refractivity contribution in [3.05, 3.63) is 53.6 Å². The Balaban J connectivity index is 2.14. The predicted octanol–water partition coefficient (Wildman–Crippen LogP) is 3.13. The minimum Gasteiger partial charge on any atom is -0.497 e. The molecule has 2 aromatic carbocycles. The van der Waals surface area contributed by atoms with Gasteiger partial charge in [-0.2, -0.15) is 0 Å². The van der Waals surface area contributed by atoms with Gasteiger partial charge in [0.15, 0.2) is 17.4 Å². The quantitative estimate of drug-likeness (QED) is 0.864. The van der Waals surface area contributed by atoms with E-state index in [-0.39, 0.29) is 12.3 Å². The Hall–Kier alpha value is -2.30. The summed E-state index contributed by atoms with van der Waals surface area (Å²) in [6.07, 6.45) is 0. The Morgan fingerprint density at radius 2 is 1.79 bits per heavy atom. The van der Waals surface area contributed by atoms with Gasteiger partial charge in [-0.3, -0.25) is 0 Å². The average molecular weight is 265 g/mol. The van der Waals surface area contributed by atoms with E-state index in [2.05, 4.69) is 0 Å². The third kappa shape index (κ3) is 3.13. The molecule has 2 rings (SSSR count). The van der Waals surface area contributed by atoms with E-state index in [0.717, 1.165) is 17.7 Å². The fraction of sp³-hybridized carbons (Fsp3) is 0.143. The number of halogens is 2. The molecule has 0 spiro atoms. The van der Waals surface area contributed by atoms with Crippen molar-refractivity contribution in [1.82, 2.24) is 0 Å². The van der Waals surface area contributed by atoms with Crippen molar-refractivity contribution in [2.45, 2.75) is 6.61 Å². The largest absolute Gasteiger partial charge is 0.497 e. The lowest BCUT2D eigenvalue weighted by molar-refractivity contribution is 0.273. The second kappa shape index (κ2) is 5.56. The van der Waals surface area contributed by atoms with Crippen LogP contribution in [0.25, 0.3) is 0 Å². The van der Waals surface area contributed by atoms with Crippen LogP contribution in [-0.4, -0.2) is 7.11 Å². The normalized spacial score (nSPS) is 10.3. The van der Waals surface area contributed by atoms with Crippen LogP contribution in [0.3, 0.4) is 0 Å². The molecule has 0 heterocycles. The fourth-order valence-electron chi connectivity index (χ4n) is 1.64. The smallest absolute Gasteiger partial charge is 0.191 e. The zero-order valence-corrected chi connectivity index (χ0v) is 10.3. The van der Waals surface area contributed by atoms with Gasteiger partial charge in [0.05, 0.1) is 7.11 Å². The van der Waals surface area contributed by atoms with Crippen molar-refractivity contribution >= 4 is 5.69 Å². The number of hydrogen-bond acceptors (Lipinski definition) is 3. The highest BCUT2D eigenvalue weighted by Gasteiger charge is 2.12. The summed E-state index contributed by atoms with van der Waals surface area (Å²) in [5, 5.41) is 0. The molecule has 0 atom stereocenters. The highest BCUT2D eigenvalue weighted by Crippen LogP contribution is 2.25. The van der Waals surface area contributed by atoms with Gasteiger partial charge >= 0.3 is 0 Å². The number of rotatable bonds is 4. The molecule has 0 fully saturated rings. The molecule has 0 aliphatic rings. The molecule has 5 heteroatoms. The Bertz CT molecular complexity index is 564. The van der Waals surface area contributed by atoms with E-state index in [1.54, 1.807) is 31.4 Å². The molecule has 2 aromatic rings. The van der Waals surface area contributed by atoms with E-state index < -0.39 is 17.4 Å². The number of nitrogen functional groups attached to an aromatic ring is 1. The molecule has 0 aromatic heterocycles. The van der Waals surface area contributed by atoms with Crippen LogP contribution in [0.2, 0.25) is 0 Å². The third-order valence-corrected chi connectivity index (χ3v) is 2.54. The number of methoxy groups -OCH3 is 1. The summed E-state index contributed by atoms with van der Waals surface area (Å²) in [6, 6.07) is 9.08. The first kappa shape index (κ1) is 13.1. The molecule has 2 N–H and O–H groups in total. The van der Waals surface area contributed by atoms with Crippen LogP contribution in [0.4, 0.5) is 14.5 Å². The highest BCUT2D eigenvalue weighted by molar-refractivity contribution is 5.44. The van der Waals surface area contributed by atoms with Crippen LogP contribution >= 0.6 is 0 Å². The molecule has 0 unspecified atom stereocenters. The Labute approximate surface area is 109 Å². The highest BCUT2D eigenvalue weighted by atomic mass is 19.1. The molecular formula is C14H13F2NO2. The van der Waals surface area contributed by atoms with E-state index in [1.165, 1.54) is 0 Å². The van der Waals surface area contributed by atoms with E-state index in [9.17, 15) is 8.78 Å². The topological polar surface area (TPSA) is 44.5 Å². The Morgan fingerprint density at radius 1 is 1.11 bits per heavy atom. The first-order valence-corrected chi connectivity index (χ1v) is 5.60. The maximum absolute atomic E-state index is 13.5. The standard InChI is InChI=1S/C14H13F2NO2/c1-18-11-4-2-3-9(5-11)8-19-14-12(15)6-10(17)7-13(14)16/h2-7H,8,17H2,1H3. The van der Waals surface area contributed by atoms with Gasteiger partial charge in [0.25, 0.3) is 0 Å². The van der Waals surface area contributed by atoms with Crippen molar-refractivity contribution in [3.8, 4) is 11.5 Å². The molecule has 0 aliphatic heterocycles. The molecule has 3 nitrogen and oxygen atoms in total. The van der Waals surface area contributed by atoms with Crippen LogP contribution in [-0.2, 0) is 6.61 Å². The summed E-state index contributed by atoms with van der Waals surface area (Å²) >= 11 is 0. The summed E-state index contributed by atoms with van der Waals surface area (Å²) in [5.41, 5.74) is 6.08. The van der Waals surface area contributed by atoms with Crippen molar-refractivity contribution < 1.29 is 18.3 Å². The van der Waals surface area contributed by atoms with Crippen molar-refractivity contribution in [2.75, 3.05) is 12.8 Å². The van der Waals surface area contributed by atoms with Gasteiger partial charge in [-0.05, 0) is 17.7 Å². The maximum atomic E-state index is 13.5. The minimum absolute atomic E-state index is 0.0173. The Morgan fingerprint density at radius 3 is 2.42 bits per heavy atom. The summed E-state index contributed by atoms with van der Waals surface area (Å²) in [5.74, 6) is -1.42. The van der Waals surface area contributed by atoms with Crippen molar-refractivity contribution in [1.29, 1.82) is 0 Å². The number of nitrogens with two attached hydrogens (primary N) is 1. The third-order valence-electron chi connectivity index (χ3n) is 2.54. The second-order valence-electron chi connectivity index (χ2n) is 3.95. The van der Waals surface area contributed by atoms with Gasteiger partial charge in [-0.15, -0.1) is 0 Å². The van der Waals surface area contributed by atoms with Crippen LogP contribution in [0.1, 0.15) is 5.56 Å². The number of benzene rings is 2. The van der Waals surface area contributed by atoms with Crippen LogP contribution in [0.15, 0.2) is 36.4 Å². The molecule has 0 aliphatic carbocycles. The molecule has 100 valence electrons. The first-order chi connectivity index (χ1) is 9.10. The summed E-state index contributed by atoms with van der Waals surface area (Å²) in [4.78, 5) is 0. The second-order valence-corrected chi connectivity index (χ2v) is 3.95. The Kier molecular flexibility index (Phi) is 3.85. The number of anilines is 1. The summed E-state index contributed by atoms with van der Waals surface area (Å²) in [6.45, 7) is 0.0367. The lowest BCUT2D eigenvalue weighted by Gasteiger charge is -2.10. The van der Waals surface area contributed by atoms with E-state index in [4.69, 9.17) is 15.2 Å². The fourth-order valence-corrected chi connectivity index (χ4v) is 1.64. The van der Waals surface area contributed by atoms with Gasteiger partial charge in [0.2, 0.25) is 0 Å². The van der Waals surface area contributed by atoms with Crippen LogP contribution in [0.5, 0.6) is 11.5 Å². The molecule has 0 radical (unpaired) electrons. The summed E-state index contributed by atoms with van der Waals surface area (Å²) in [7, 11) is 1.54. The number of ether oxygens (including phenoxy) is 2. The molecule has 0 bridgehead atoms. The average Bonchev–Trinajstić information content (AvgIpc) is 2.37. The molecule has 0 saturated heterocycles. The molecular weight excluding hydrogens is 252 g/mol. The predicted molar refractivity (Wildman–Crippen MR) is 68.1 cm³/mol. The van der Waals surface area contributed by atoms with E-state index >= 15 is 0 Å². The van der Waals surface area contributed by atoms with Gasteiger partial charge in [-0.25, -0.2) is 8.78 Å². The van der Waals surface area contributed by atoms with Gasteiger partial charge in [0, 0.05) is 17.8 Å². The van der Waals surface area contributed by atoms with Crippen molar-refractivity contribution in [2.24, 2.45) is 0 Å². The van der Waals surface area contributed by atoms with Gasteiger partial charge in [0.1, 0.15) is 12.4 Å². The van der Waals surface area contributed by atoms with Crippen LogP contribution < -0.4 is 15.2 Å². The molecule has 19 heavy (non-hydrogen) atoms. The molecule has 0 saturated carbocycles. The van der Waals surface area contributed by atoms with Gasteiger partial charge in [-0.1, -0.05) is 12.1 Å². The van der Waals surface area contributed by atoms with E-state index in [1.807, 2.05) is 0 Å². The SMILES string of the molecule is COc1cccc(COc2c(F)cc(N)cc2F)c1. The van der Waals surface area contributed by atoms with Gasteiger partial charge < -0.3 is 15.2 Å². The lowest BCUT2D eigenvalue weighted by atomic mass is 10.2. The maximum Gasteiger partial charge on any atom is 0.191 e. The zero-order chi connectivity index (χ0) is 13.8. The number of hydrogen-bond donors (Lipinski definition) is 1. The van der Waals surface area contributed by atoms with Crippen LogP contribution in [0, 0.1) is 11.6 Å². The van der Waals surface area contributed by atoms with Crippen molar-refractivity contribution in [3.63, 3.8) is 0 Å². The molecule has 0 amide bonds. The minimum atomic E-state index is -0.819.